The minimum atomic E-state index is 0.336. The summed E-state index contributed by atoms with van der Waals surface area (Å²) in [5.74, 6) is 1.39. The third kappa shape index (κ3) is 1.61. The minimum Gasteiger partial charge on any atom is -0.331 e. The highest BCUT2D eigenvalue weighted by Crippen LogP contribution is 2.21. The van der Waals surface area contributed by atoms with E-state index < -0.39 is 0 Å². The van der Waals surface area contributed by atoms with Crippen LogP contribution in [0.2, 0.25) is 0 Å². The van der Waals surface area contributed by atoms with Gasteiger partial charge in [-0.15, -0.1) is 0 Å². The second-order valence-electron chi connectivity index (χ2n) is 3.73. The van der Waals surface area contributed by atoms with Crippen molar-refractivity contribution in [1.82, 2.24) is 14.5 Å². The van der Waals surface area contributed by atoms with E-state index in [0.29, 0.717) is 12.5 Å². The fraction of sp³-hybridized carbons (Fsp3) is 0.455. The Labute approximate surface area is 89.1 Å². The predicted octanol–water partition coefficient (Wildman–Crippen LogP) is 1.42. The number of pyridine rings is 1. The van der Waals surface area contributed by atoms with Crippen LogP contribution in [0.3, 0.4) is 0 Å². The van der Waals surface area contributed by atoms with E-state index in [1.807, 2.05) is 13.1 Å². The Hall–Kier alpha value is -1.42. The summed E-state index contributed by atoms with van der Waals surface area (Å²) in [7, 11) is 2.03. The maximum atomic E-state index is 5.74. The first-order valence-electron chi connectivity index (χ1n) is 5.24. The van der Waals surface area contributed by atoms with Gasteiger partial charge in [0.15, 0.2) is 0 Å². The van der Waals surface area contributed by atoms with Crippen molar-refractivity contribution >= 4 is 11.0 Å². The molecule has 4 nitrogen and oxygen atoms in total. The lowest BCUT2D eigenvalue weighted by molar-refractivity contribution is 0.608. The molecule has 4 heteroatoms. The lowest BCUT2D eigenvalue weighted by atomic mass is 10.1. The van der Waals surface area contributed by atoms with Crippen LogP contribution in [0.15, 0.2) is 18.5 Å². The van der Waals surface area contributed by atoms with E-state index in [1.165, 1.54) is 0 Å². The first-order valence-corrected chi connectivity index (χ1v) is 5.24. The molecule has 2 heterocycles. The zero-order valence-corrected chi connectivity index (χ0v) is 9.14. The van der Waals surface area contributed by atoms with Crippen LogP contribution in [0.4, 0.5) is 0 Å². The van der Waals surface area contributed by atoms with Crippen molar-refractivity contribution in [3.63, 3.8) is 0 Å². The molecule has 0 aliphatic heterocycles. The fourth-order valence-electron chi connectivity index (χ4n) is 1.89. The van der Waals surface area contributed by atoms with Gasteiger partial charge in [-0.3, -0.25) is 4.98 Å². The van der Waals surface area contributed by atoms with Gasteiger partial charge in [0.05, 0.1) is 11.7 Å². The molecular weight excluding hydrogens is 188 g/mol. The van der Waals surface area contributed by atoms with Crippen LogP contribution in [0.25, 0.3) is 11.0 Å². The van der Waals surface area contributed by atoms with E-state index in [-0.39, 0.29) is 0 Å². The monoisotopic (exact) mass is 204 g/mol. The van der Waals surface area contributed by atoms with E-state index in [1.54, 1.807) is 12.4 Å². The summed E-state index contributed by atoms with van der Waals surface area (Å²) in [4.78, 5) is 8.65. The fourth-order valence-corrected chi connectivity index (χ4v) is 1.89. The molecular formula is C11H16N4. The number of nitrogens with two attached hydrogens (primary N) is 1. The van der Waals surface area contributed by atoms with Crippen molar-refractivity contribution in [3.8, 4) is 0 Å². The number of aromatic nitrogens is 3. The molecule has 0 aliphatic rings. The van der Waals surface area contributed by atoms with E-state index in [2.05, 4.69) is 21.5 Å². The Morgan fingerprint density at radius 1 is 1.53 bits per heavy atom. The Balaban J connectivity index is 2.57. The topological polar surface area (TPSA) is 56.7 Å². The normalized spacial score (nSPS) is 13.3. The summed E-state index contributed by atoms with van der Waals surface area (Å²) in [5, 5.41) is 0. The number of rotatable bonds is 3. The second-order valence-corrected chi connectivity index (χ2v) is 3.73. The quantitative estimate of drug-likeness (QED) is 0.822. The summed E-state index contributed by atoms with van der Waals surface area (Å²) < 4.78 is 2.11. The standard InChI is InChI=1S/C11H16N4/c1-3-8(6-12)11-14-9-7-13-5-4-10(9)15(11)2/h4-5,7-8H,3,6,12H2,1-2H3. The van der Waals surface area contributed by atoms with Gasteiger partial charge in [0.2, 0.25) is 0 Å². The van der Waals surface area contributed by atoms with Gasteiger partial charge < -0.3 is 10.3 Å². The van der Waals surface area contributed by atoms with E-state index in [0.717, 1.165) is 23.3 Å². The molecule has 0 aliphatic carbocycles. The number of aryl methyl sites for hydroxylation is 1. The third-order valence-electron chi connectivity index (χ3n) is 2.86. The maximum Gasteiger partial charge on any atom is 0.114 e. The lowest BCUT2D eigenvalue weighted by Gasteiger charge is -2.11. The molecule has 0 saturated carbocycles. The van der Waals surface area contributed by atoms with Gasteiger partial charge in [0, 0.05) is 25.7 Å². The third-order valence-corrected chi connectivity index (χ3v) is 2.86. The van der Waals surface area contributed by atoms with Gasteiger partial charge in [-0.2, -0.15) is 0 Å². The van der Waals surface area contributed by atoms with Gasteiger partial charge >= 0.3 is 0 Å². The van der Waals surface area contributed by atoms with Crippen LogP contribution in [-0.2, 0) is 7.05 Å². The molecule has 0 bridgehead atoms. The zero-order chi connectivity index (χ0) is 10.8. The Kier molecular flexibility index (Phi) is 2.68. The van der Waals surface area contributed by atoms with Crippen LogP contribution in [0, 0.1) is 0 Å². The van der Waals surface area contributed by atoms with Gasteiger partial charge in [-0.25, -0.2) is 4.98 Å². The molecule has 80 valence electrons. The van der Waals surface area contributed by atoms with E-state index in [9.17, 15) is 0 Å². The molecule has 1 atom stereocenters. The van der Waals surface area contributed by atoms with E-state index >= 15 is 0 Å². The summed E-state index contributed by atoms with van der Waals surface area (Å²) >= 11 is 0. The van der Waals surface area contributed by atoms with Crippen LogP contribution >= 0.6 is 0 Å². The Bertz CT molecular complexity index is 457. The Morgan fingerprint density at radius 3 is 2.93 bits per heavy atom. The second kappa shape index (κ2) is 3.98. The van der Waals surface area contributed by atoms with Crippen LogP contribution in [-0.4, -0.2) is 21.1 Å². The molecule has 2 aromatic heterocycles. The molecule has 15 heavy (non-hydrogen) atoms. The first-order chi connectivity index (χ1) is 7.27. The molecule has 0 amide bonds. The van der Waals surface area contributed by atoms with E-state index in [4.69, 9.17) is 5.73 Å². The summed E-state index contributed by atoms with van der Waals surface area (Å²) in [6.07, 6.45) is 4.60. The summed E-state index contributed by atoms with van der Waals surface area (Å²) in [6.45, 7) is 2.77. The molecule has 2 rings (SSSR count). The molecule has 2 aromatic rings. The highest BCUT2D eigenvalue weighted by molar-refractivity contribution is 5.74. The molecule has 2 N–H and O–H groups in total. The Morgan fingerprint density at radius 2 is 2.33 bits per heavy atom. The molecule has 0 fully saturated rings. The van der Waals surface area contributed by atoms with Gasteiger partial charge in [0.1, 0.15) is 11.3 Å². The summed E-state index contributed by atoms with van der Waals surface area (Å²) in [6, 6.07) is 1.98. The van der Waals surface area contributed by atoms with Gasteiger partial charge in [-0.05, 0) is 12.5 Å². The van der Waals surface area contributed by atoms with Crippen LogP contribution in [0.5, 0.6) is 0 Å². The first kappa shape index (κ1) is 10.1. The number of fused-ring (bicyclic) bond motifs is 1. The number of imidazole rings is 1. The molecule has 0 saturated heterocycles. The van der Waals surface area contributed by atoms with Gasteiger partial charge in [0.25, 0.3) is 0 Å². The lowest BCUT2D eigenvalue weighted by Crippen LogP contribution is -2.15. The predicted molar refractivity (Wildman–Crippen MR) is 60.6 cm³/mol. The van der Waals surface area contributed by atoms with Crippen molar-refractivity contribution < 1.29 is 0 Å². The van der Waals surface area contributed by atoms with Crippen molar-refractivity contribution in [1.29, 1.82) is 0 Å². The zero-order valence-electron chi connectivity index (χ0n) is 9.14. The highest BCUT2D eigenvalue weighted by Gasteiger charge is 2.15. The van der Waals surface area contributed by atoms with Crippen molar-refractivity contribution in [2.45, 2.75) is 19.3 Å². The maximum absolute atomic E-state index is 5.74. The summed E-state index contributed by atoms with van der Waals surface area (Å²) in [5.41, 5.74) is 7.80. The number of nitrogens with zero attached hydrogens (tertiary/aromatic N) is 3. The molecule has 0 aromatic carbocycles. The molecule has 0 spiro atoms. The average Bonchev–Trinajstić information content (AvgIpc) is 2.60. The van der Waals surface area contributed by atoms with Crippen LogP contribution in [0.1, 0.15) is 25.1 Å². The highest BCUT2D eigenvalue weighted by atomic mass is 15.1. The number of hydrogen-bond acceptors (Lipinski definition) is 3. The van der Waals surface area contributed by atoms with Crippen molar-refractivity contribution in [2.24, 2.45) is 12.8 Å². The van der Waals surface area contributed by atoms with Crippen LogP contribution < -0.4 is 5.73 Å². The van der Waals surface area contributed by atoms with Crippen molar-refractivity contribution in [2.75, 3.05) is 6.54 Å². The molecule has 0 radical (unpaired) electrons. The molecule has 1 unspecified atom stereocenters. The van der Waals surface area contributed by atoms with Crippen molar-refractivity contribution in [3.05, 3.63) is 24.3 Å². The van der Waals surface area contributed by atoms with Gasteiger partial charge in [-0.1, -0.05) is 6.92 Å². The smallest absolute Gasteiger partial charge is 0.114 e. The minimum absolute atomic E-state index is 0.336. The largest absolute Gasteiger partial charge is 0.331 e. The number of hydrogen-bond donors (Lipinski definition) is 1. The SMILES string of the molecule is CCC(CN)c1nc2cnccc2n1C. The average molecular weight is 204 g/mol.